The zero-order valence-corrected chi connectivity index (χ0v) is 15.9. The summed E-state index contributed by atoms with van der Waals surface area (Å²) in [7, 11) is 0. The largest absolute Gasteiger partial charge is 0.368 e. The molecule has 2 heterocycles. The van der Waals surface area contributed by atoms with Crippen LogP contribution >= 0.6 is 0 Å². The Morgan fingerprint density at radius 3 is 2.54 bits per heavy atom. The first-order chi connectivity index (χ1) is 12.8. The molecule has 0 atom stereocenters. The van der Waals surface area contributed by atoms with Gasteiger partial charge in [-0.15, -0.1) is 0 Å². The highest BCUT2D eigenvalue weighted by molar-refractivity contribution is 5.80. The van der Waals surface area contributed by atoms with Crippen LogP contribution in [0, 0.1) is 0 Å². The smallest absolute Gasteiger partial charge is 0.222 e. The summed E-state index contributed by atoms with van der Waals surface area (Å²) >= 11 is 0. The molecule has 0 radical (unpaired) electrons. The van der Waals surface area contributed by atoms with Crippen LogP contribution < -0.4 is 10.2 Å². The number of anilines is 1. The maximum absolute atomic E-state index is 11.7. The monoisotopic (exact) mass is 357 g/mol. The van der Waals surface area contributed by atoms with Crippen LogP contribution in [-0.4, -0.2) is 74.0 Å². The van der Waals surface area contributed by atoms with Gasteiger partial charge in [0, 0.05) is 64.5 Å². The summed E-state index contributed by atoms with van der Waals surface area (Å²) in [5, 5.41) is 3.42. The highest BCUT2D eigenvalue weighted by Gasteiger charge is 2.20. The number of aliphatic imine (C=N–C) groups is 1. The number of guanidine groups is 1. The van der Waals surface area contributed by atoms with Crippen molar-refractivity contribution < 1.29 is 4.79 Å². The fraction of sp³-hybridized carbons (Fsp3) is 0.600. The van der Waals surface area contributed by atoms with Crippen LogP contribution in [0.5, 0.6) is 0 Å². The molecule has 2 saturated heterocycles. The van der Waals surface area contributed by atoms with Gasteiger partial charge in [-0.2, -0.15) is 0 Å². The van der Waals surface area contributed by atoms with Crippen molar-refractivity contribution in [3.63, 3.8) is 0 Å². The van der Waals surface area contributed by atoms with Crippen molar-refractivity contribution in [3.8, 4) is 0 Å². The van der Waals surface area contributed by atoms with Gasteiger partial charge in [0.25, 0.3) is 0 Å². The summed E-state index contributed by atoms with van der Waals surface area (Å²) in [5.74, 6) is 1.31. The Hall–Kier alpha value is -2.24. The fourth-order valence-electron chi connectivity index (χ4n) is 3.63. The second-order valence-electron chi connectivity index (χ2n) is 6.88. The second-order valence-corrected chi connectivity index (χ2v) is 6.88. The molecule has 0 spiro atoms. The van der Waals surface area contributed by atoms with E-state index in [2.05, 4.69) is 52.4 Å². The summed E-state index contributed by atoms with van der Waals surface area (Å²) in [6.07, 6.45) is 2.67. The van der Waals surface area contributed by atoms with Gasteiger partial charge in [0.05, 0.1) is 0 Å². The molecule has 0 saturated carbocycles. The van der Waals surface area contributed by atoms with E-state index in [1.54, 1.807) is 0 Å². The molecule has 0 aromatic heterocycles. The second kappa shape index (κ2) is 9.46. The summed E-state index contributed by atoms with van der Waals surface area (Å²) in [6, 6.07) is 10.6. The molecule has 3 rings (SSSR count). The predicted octanol–water partition coefficient (Wildman–Crippen LogP) is 1.79. The first-order valence-corrected chi connectivity index (χ1v) is 9.89. The van der Waals surface area contributed by atoms with Gasteiger partial charge >= 0.3 is 0 Å². The summed E-state index contributed by atoms with van der Waals surface area (Å²) < 4.78 is 0. The highest BCUT2D eigenvalue weighted by atomic mass is 16.2. The number of piperazine rings is 1. The van der Waals surface area contributed by atoms with E-state index in [-0.39, 0.29) is 0 Å². The lowest BCUT2D eigenvalue weighted by Gasteiger charge is -2.37. The van der Waals surface area contributed by atoms with Crippen molar-refractivity contribution in [3.05, 3.63) is 30.3 Å². The molecule has 0 aliphatic carbocycles. The minimum atomic E-state index is 0.304. The Balaban J connectivity index is 1.47. The number of nitrogens with one attached hydrogen (secondary N) is 1. The summed E-state index contributed by atoms with van der Waals surface area (Å²) in [4.78, 5) is 23.2. The van der Waals surface area contributed by atoms with Crippen LogP contribution in [0.15, 0.2) is 35.3 Å². The number of nitrogens with zero attached hydrogens (tertiary/aromatic N) is 4. The molecule has 1 aromatic rings. The average Bonchev–Trinajstić information content (AvgIpc) is 3.10. The molecular weight excluding hydrogens is 326 g/mol. The van der Waals surface area contributed by atoms with E-state index in [1.807, 2.05) is 4.90 Å². The minimum absolute atomic E-state index is 0.304. The molecule has 1 N–H and O–H groups in total. The summed E-state index contributed by atoms with van der Waals surface area (Å²) in [5.41, 5.74) is 1.30. The number of benzene rings is 1. The number of likely N-dealkylation sites (tertiary alicyclic amines) is 1. The van der Waals surface area contributed by atoms with E-state index in [1.165, 1.54) is 5.69 Å². The van der Waals surface area contributed by atoms with Gasteiger partial charge in [0.2, 0.25) is 5.91 Å². The van der Waals surface area contributed by atoms with Gasteiger partial charge in [0.1, 0.15) is 0 Å². The Morgan fingerprint density at radius 1 is 1.12 bits per heavy atom. The Morgan fingerprint density at radius 2 is 1.88 bits per heavy atom. The lowest BCUT2D eigenvalue weighted by atomic mass is 10.2. The first kappa shape index (κ1) is 18.5. The Bertz CT molecular complexity index is 595. The predicted molar refractivity (Wildman–Crippen MR) is 107 cm³/mol. The van der Waals surface area contributed by atoms with Crippen LogP contribution in [0.25, 0.3) is 0 Å². The SMILES string of the molecule is CCNC(=NCCCN1CCCC1=O)N1CCN(c2ccccc2)CC1. The van der Waals surface area contributed by atoms with E-state index in [0.717, 1.165) is 77.6 Å². The molecule has 0 bridgehead atoms. The average molecular weight is 358 g/mol. The van der Waals surface area contributed by atoms with Crippen molar-refractivity contribution >= 4 is 17.6 Å². The number of rotatable bonds is 6. The number of carbonyl (C=O) groups is 1. The van der Waals surface area contributed by atoms with Crippen molar-refractivity contribution in [1.82, 2.24) is 15.1 Å². The van der Waals surface area contributed by atoms with Crippen LogP contribution in [0.3, 0.4) is 0 Å². The highest BCUT2D eigenvalue weighted by Crippen LogP contribution is 2.15. The lowest BCUT2D eigenvalue weighted by molar-refractivity contribution is -0.127. The molecule has 2 aliphatic heterocycles. The van der Waals surface area contributed by atoms with Crippen LogP contribution in [0.1, 0.15) is 26.2 Å². The lowest BCUT2D eigenvalue weighted by Crippen LogP contribution is -2.52. The van der Waals surface area contributed by atoms with Crippen molar-refractivity contribution in [2.45, 2.75) is 26.2 Å². The first-order valence-electron chi connectivity index (χ1n) is 9.89. The van der Waals surface area contributed by atoms with Gasteiger partial charge < -0.3 is 20.0 Å². The summed E-state index contributed by atoms with van der Waals surface area (Å²) in [6.45, 7) is 9.49. The van der Waals surface area contributed by atoms with Crippen LogP contribution in [0.2, 0.25) is 0 Å². The molecular formula is C20H31N5O. The molecule has 6 nitrogen and oxygen atoms in total. The molecule has 0 unspecified atom stereocenters. The van der Waals surface area contributed by atoms with Gasteiger partial charge in [-0.1, -0.05) is 18.2 Å². The molecule has 142 valence electrons. The van der Waals surface area contributed by atoms with E-state index >= 15 is 0 Å². The van der Waals surface area contributed by atoms with Crippen LogP contribution in [0.4, 0.5) is 5.69 Å². The van der Waals surface area contributed by atoms with E-state index in [0.29, 0.717) is 5.91 Å². The van der Waals surface area contributed by atoms with Gasteiger partial charge in [-0.25, -0.2) is 0 Å². The van der Waals surface area contributed by atoms with Crippen LogP contribution in [-0.2, 0) is 4.79 Å². The van der Waals surface area contributed by atoms with Gasteiger partial charge in [0.15, 0.2) is 5.96 Å². The normalized spacial score (nSPS) is 18.6. The molecule has 6 heteroatoms. The third kappa shape index (κ3) is 4.90. The standard InChI is InChI=1S/C20H31N5O/c1-2-21-20(22-11-7-13-24-12-6-10-19(24)26)25-16-14-23(15-17-25)18-8-4-3-5-9-18/h3-5,8-9H,2,6-7,10-17H2,1H3,(H,21,22). The molecule has 2 aliphatic rings. The maximum Gasteiger partial charge on any atom is 0.222 e. The third-order valence-corrected chi connectivity index (χ3v) is 5.05. The van der Waals surface area contributed by atoms with E-state index in [4.69, 9.17) is 4.99 Å². The quantitative estimate of drug-likeness (QED) is 0.479. The van der Waals surface area contributed by atoms with Gasteiger partial charge in [-0.3, -0.25) is 9.79 Å². The molecule has 26 heavy (non-hydrogen) atoms. The number of hydrogen-bond acceptors (Lipinski definition) is 3. The number of amides is 1. The zero-order valence-electron chi connectivity index (χ0n) is 15.9. The topological polar surface area (TPSA) is 51.2 Å². The molecule has 2 fully saturated rings. The number of para-hydroxylation sites is 1. The fourth-order valence-corrected chi connectivity index (χ4v) is 3.63. The number of carbonyl (C=O) groups excluding carboxylic acids is 1. The number of hydrogen-bond donors (Lipinski definition) is 1. The van der Waals surface area contributed by atoms with E-state index in [9.17, 15) is 4.79 Å². The Labute approximate surface area is 156 Å². The minimum Gasteiger partial charge on any atom is -0.368 e. The third-order valence-electron chi connectivity index (χ3n) is 5.05. The van der Waals surface area contributed by atoms with Crippen molar-refractivity contribution in [1.29, 1.82) is 0 Å². The maximum atomic E-state index is 11.7. The van der Waals surface area contributed by atoms with E-state index < -0.39 is 0 Å². The zero-order chi connectivity index (χ0) is 18.2. The molecule has 1 amide bonds. The Kier molecular flexibility index (Phi) is 6.75. The molecule has 1 aromatic carbocycles. The van der Waals surface area contributed by atoms with Crippen molar-refractivity contribution in [2.24, 2.45) is 4.99 Å². The van der Waals surface area contributed by atoms with Crippen molar-refractivity contribution in [2.75, 3.05) is 57.3 Å². The van der Waals surface area contributed by atoms with Gasteiger partial charge in [-0.05, 0) is 31.9 Å².